The van der Waals surface area contributed by atoms with Crippen molar-refractivity contribution in [2.75, 3.05) is 7.11 Å². The van der Waals surface area contributed by atoms with Gasteiger partial charge in [-0.2, -0.15) is 0 Å². The van der Waals surface area contributed by atoms with Crippen molar-refractivity contribution in [3.63, 3.8) is 0 Å². The van der Waals surface area contributed by atoms with Gasteiger partial charge < -0.3 is 4.74 Å². The Morgan fingerprint density at radius 2 is 1.74 bits per heavy atom. The number of alkyl halides is 2. The maximum absolute atomic E-state index is 15.5. The van der Waals surface area contributed by atoms with E-state index in [4.69, 9.17) is 4.74 Å². The SMILES string of the molecule is COC(=O)CCC1CCC2C3C(CCC12C)C1(C)CCCCC1CC3(F)F. The summed E-state index contributed by atoms with van der Waals surface area (Å²) in [5, 5.41) is 0. The number of ether oxygens (including phenoxy) is 1. The van der Waals surface area contributed by atoms with Crippen LogP contribution in [0.15, 0.2) is 0 Å². The van der Waals surface area contributed by atoms with Gasteiger partial charge in [-0.1, -0.05) is 26.7 Å². The van der Waals surface area contributed by atoms with E-state index in [2.05, 4.69) is 13.8 Å². The highest BCUT2D eigenvalue weighted by Gasteiger charge is 2.67. The van der Waals surface area contributed by atoms with E-state index in [1.165, 1.54) is 13.5 Å². The molecule has 4 rings (SSSR count). The standard InChI is InChI=1S/C23H36F2O2/c1-21-12-5-4-6-16(21)14-23(24,25)20-17-9-7-15(8-10-19(26)27-3)22(17,2)13-11-18(20)21/h15-18,20H,4-14H2,1-3H3. The smallest absolute Gasteiger partial charge is 0.305 e. The fraction of sp³-hybridized carbons (Fsp3) is 0.957. The van der Waals surface area contributed by atoms with Crippen molar-refractivity contribution in [3.05, 3.63) is 0 Å². The molecule has 0 aromatic rings. The maximum atomic E-state index is 15.5. The van der Waals surface area contributed by atoms with E-state index in [0.29, 0.717) is 12.3 Å². The number of carbonyl (C=O) groups excluding carboxylic acids is 1. The van der Waals surface area contributed by atoms with Gasteiger partial charge in [-0.25, -0.2) is 8.78 Å². The molecule has 0 radical (unpaired) electrons. The summed E-state index contributed by atoms with van der Waals surface area (Å²) < 4.78 is 35.8. The lowest BCUT2D eigenvalue weighted by Gasteiger charge is -2.62. The first-order valence-electron chi connectivity index (χ1n) is 11.2. The highest BCUT2D eigenvalue weighted by atomic mass is 19.3. The number of methoxy groups -OCH3 is 1. The molecule has 2 nitrogen and oxygen atoms in total. The number of fused-ring (bicyclic) bond motifs is 5. The first-order chi connectivity index (χ1) is 12.7. The van der Waals surface area contributed by atoms with Gasteiger partial charge in [-0.05, 0) is 79.4 Å². The Labute approximate surface area is 162 Å². The minimum Gasteiger partial charge on any atom is -0.469 e. The molecule has 0 aromatic carbocycles. The summed E-state index contributed by atoms with van der Waals surface area (Å²) in [6.07, 6.45) is 9.74. The second-order valence-corrected chi connectivity index (χ2v) is 10.6. The number of halogens is 2. The predicted octanol–water partition coefficient (Wildman–Crippen LogP) is 6.23. The predicted molar refractivity (Wildman–Crippen MR) is 101 cm³/mol. The quantitative estimate of drug-likeness (QED) is 0.541. The zero-order valence-electron chi connectivity index (χ0n) is 17.2. The Morgan fingerprint density at radius 1 is 1.00 bits per heavy atom. The van der Waals surface area contributed by atoms with Crippen molar-refractivity contribution in [1.82, 2.24) is 0 Å². The fourth-order valence-corrected chi connectivity index (χ4v) is 8.16. The molecule has 4 aliphatic carbocycles. The normalized spacial score (nSPS) is 48.3. The molecule has 0 heterocycles. The Bertz CT molecular complexity index is 591. The van der Waals surface area contributed by atoms with Gasteiger partial charge in [-0.3, -0.25) is 4.79 Å². The van der Waals surface area contributed by atoms with Crippen LogP contribution < -0.4 is 0 Å². The van der Waals surface area contributed by atoms with E-state index in [-0.39, 0.29) is 41.0 Å². The van der Waals surface area contributed by atoms with E-state index in [1.807, 2.05) is 0 Å². The van der Waals surface area contributed by atoms with E-state index >= 15 is 8.78 Å². The van der Waals surface area contributed by atoms with E-state index in [9.17, 15) is 4.79 Å². The number of rotatable bonds is 3. The summed E-state index contributed by atoms with van der Waals surface area (Å²) in [5.41, 5.74) is 0.0898. The van der Waals surface area contributed by atoms with Crippen LogP contribution in [0.4, 0.5) is 8.78 Å². The molecule has 154 valence electrons. The van der Waals surface area contributed by atoms with Crippen LogP contribution in [0.25, 0.3) is 0 Å². The number of hydrogen-bond acceptors (Lipinski definition) is 2. The molecule has 7 unspecified atom stereocenters. The first-order valence-corrected chi connectivity index (χ1v) is 11.2. The molecule has 27 heavy (non-hydrogen) atoms. The second-order valence-electron chi connectivity index (χ2n) is 10.6. The number of esters is 1. The van der Waals surface area contributed by atoms with Crippen LogP contribution in [0.3, 0.4) is 0 Å². The minimum absolute atomic E-state index is 0.0313. The van der Waals surface area contributed by atoms with Crippen molar-refractivity contribution in [3.8, 4) is 0 Å². The van der Waals surface area contributed by atoms with Crippen molar-refractivity contribution in [1.29, 1.82) is 0 Å². The Kier molecular flexibility index (Phi) is 4.87. The van der Waals surface area contributed by atoms with Crippen LogP contribution >= 0.6 is 0 Å². The van der Waals surface area contributed by atoms with Crippen LogP contribution in [-0.2, 0) is 9.53 Å². The average Bonchev–Trinajstić information content (AvgIpc) is 2.96. The summed E-state index contributed by atoms with van der Waals surface area (Å²) in [4.78, 5) is 11.6. The van der Waals surface area contributed by atoms with E-state index < -0.39 is 11.8 Å². The lowest BCUT2D eigenvalue weighted by molar-refractivity contribution is -0.231. The molecule has 4 fully saturated rings. The van der Waals surface area contributed by atoms with Crippen molar-refractivity contribution < 1.29 is 18.3 Å². The Balaban J connectivity index is 1.60. The lowest BCUT2D eigenvalue weighted by Crippen LogP contribution is -2.60. The summed E-state index contributed by atoms with van der Waals surface area (Å²) in [6, 6.07) is 0. The summed E-state index contributed by atoms with van der Waals surface area (Å²) >= 11 is 0. The maximum Gasteiger partial charge on any atom is 0.305 e. The molecule has 4 aliphatic rings. The van der Waals surface area contributed by atoms with Gasteiger partial charge in [0.15, 0.2) is 0 Å². The third-order valence-electron chi connectivity index (χ3n) is 9.70. The van der Waals surface area contributed by atoms with Gasteiger partial charge >= 0.3 is 5.97 Å². The van der Waals surface area contributed by atoms with Crippen LogP contribution in [0.1, 0.15) is 84.5 Å². The lowest BCUT2D eigenvalue weighted by atomic mass is 9.44. The average molecular weight is 383 g/mol. The second kappa shape index (κ2) is 6.69. The molecule has 4 saturated carbocycles. The molecule has 0 bridgehead atoms. The van der Waals surface area contributed by atoms with Crippen LogP contribution in [0.2, 0.25) is 0 Å². The van der Waals surface area contributed by atoms with Crippen LogP contribution in [0, 0.1) is 40.4 Å². The molecule has 4 heteroatoms. The van der Waals surface area contributed by atoms with Gasteiger partial charge in [0.2, 0.25) is 0 Å². The molecular weight excluding hydrogens is 346 g/mol. The summed E-state index contributed by atoms with van der Waals surface area (Å²) in [5.74, 6) is -2.23. The minimum atomic E-state index is -2.52. The largest absolute Gasteiger partial charge is 0.469 e. The zero-order valence-corrected chi connectivity index (χ0v) is 17.2. The van der Waals surface area contributed by atoms with Crippen LogP contribution in [0.5, 0.6) is 0 Å². The molecular formula is C23H36F2O2. The number of carbonyl (C=O) groups is 1. The van der Waals surface area contributed by atoms with Gasteiger partial charge in [0, 0.05) is 18.8 Å². The molecule has 0 saturated heterocycles. The Hall–Kier alpha value is -0.670. The molecule has 0 N–H and O–H groups in total. The highest BCUT2D eigenvalue weighted by molar-refractivity contribution is 5.69. The van der Waals surface area contributed by atoms with E-state index in [0.717, 1.165) is 51.4 Å². The molecule has 0 aliphatic heterocycles. The molecule has 0 aromatic heterocycles. The molecule has 0 amide bonds. The topological polar surface area (TPSA) is 26.3 Å². The van der Waals surface area contributed by atoms with Crippen LogP contribution in [-0.4, -0.2) is 19.0 Å². The Morgan fingerprint density at radius 3 is 2.48 bits per heavy atom. The summed E-state index contributed by atoms with van der Waals surface area (Å²) in [7, 11) is 1.43. The monoisotopic (exact) mass is 382 g/mol. The van der Waals surface area contributed by atoms with Crippen molar-refractivity contribution in [2.45, 2.75) is 90.4 Å². The zero-order chi connectivity index (χ0) is 19.4. The highest BCUT2D eigenvalue weighted by Crippen LogP contribution is 2.70. The summed E-state index contributed by atoms with van der Waals surface area (Å²) in [6.45, 7) is 4.60. The third kappa shape index (κ3) is 2.95. The fourth-order valence-electron chi connectivity index (χ4n) is 8.16. The van der Waals surface area contributed by atoms with Gasteiger partial charge in [0.05, 0.1) is 7.11 Å². The molecule has 0 spiro atoms. The first kappa shape index (κ1) is 19.6. The molecule has 7 atom stereocenters. The van der Waals surface area contributed by atoms with Crippen molar-refractivity contribution >= 4 is 5.97 Å². The van der Waals surface area contributed by atoms with Gasteiger partial charge in [0.25, 0.3) is 5.92 Å². The van der Waals surface area contributed by atoms with Crippen molar-refractivity contribution in [2.24, 2.45) is 40.4 Å². The van der Waals surface area contributed by atoms with Gasteiger partial charge in [0.1, 0.15) is 0 Å². The number of hydrogen-bond donors (Lipinski definition) is 0. The third-order valence-corrected chi connectivity index (χ3v) is 9.70. The van der Waals surface area contributed by atoms with Gasteiger partial charge in [-0.15, -0.1) is 0 Å². The van der Waals surface area contributed by atoms with E-state index in [1.54, 1.807) is 0 Å².